The molecule has 18 heavy (non-hydrogen) atoms. The Kier molecular flexibility index (Phi) is 4.86. The van der Waals surface area contributed by atoms with Crippen molar-refractivity contribution in [3.05, 3.63) is 62.5 Å². The molecule has 2 nitrogen and oxygen atoms in total. The van der Waals surface area contributed by atoms with Gasteiger partial charge in [0.2, 0.25) is 0 Å². The molecule has 0 aliphatic heterocycles. The summed E-state index contributed by atoms with van der Waals surface area (Å²) in [5, 5.41) is 3.17. The van der Waals surface area contributed by atoms with E-state index in [9.17, 15) is 4.39 Å². The molecule has 0 atom stereocenters. The highest BCUT2D eigenvalue weighted by Crippen LogP contribution is 2.19. The zero-order valence-corrected chi connectivity index (χ0v) is 12.6. The Morgan fingerprint density at radius 1 is 1.17 bits per heavy atom. The van der Waals surface area contributed by atoms with Gasteiger partial charge in [-0.25, -0.2) is 4.39 Å². The lowest BCUT2D eigenvalue weighted by atomic mass is 10.2. The summed E-state index contributed by atoms with van der Waals surface area (Å²) in [7, 11) is 0. The lowest BCUT2D eigenvalue weighted by Gasteiger charge is -2.07. The number of benzene rings is 1. The molecular formula is C13H11Br2FN2. The van der Waals surface area contributed by atoms with E-state index in [0.717, 1.165) is 14.6 Å². The van der Waals surface area contributed by atoms with Gasteiger partial charge in [0.15, 0.2) is 0 Å². The van der Waals surface area contributed by atoms with E-state index in [-0.39, 0.29) is 5.82 Å². The molecule has 0 unspecified atom stereocenters. The van der Waals surface area contributed by atoms with Gasteiger partial charge in [-0.3, -0.25) is 4.98 Å². The van der Waals surface area contributed by atoms with E-state index in [1.807, 2.05) is 12.1 Å². The van der Waals surface area contributed by atoms with Gasteiger partial charge in [0, 0.05) is 33.8 Å². The van der Waals surface area contributed by atoms with E-state index in [4.69, 9.17) is 0 Å². The number of hydrogen-bond acceptors (Lipinski definition) is 2. The third-order valence-electron chi connectivity index (χ3n) is 2.45. The van der Waals surface area contributed by atoms with Crippen molar-refractivity contribution in [2.45, 2.75) is 13.1 Å². The highest BCUT2D eigenvalue weighted by atomic mass is 79.9. The standard InChI is InChI=1S/C13H11Br2FN2/c14-10-5-11(15)13(18-7-10)8-17-6-9-3-1-2-4-12(9)16/h1-5,7,17H,6,8H2. The first-order valence-electron chi connectivity index (χ1n) is 5.41. The molecule has 0 saturated heterocycles. The van der Waals surface area contributed by atoms with Crippen LogP contribution in [0.1, 0.15) is 11.3 Å². The van der Waals surface area contributed by atoms with Crippen LogP contribution in [0.3, 0.4) is 0 Å². The number of nitrogens with zero attached hydrogens (tertiary/aromatic N) is 1. The molecule has 1 heterocycles. The van der Waals surface area contributed by atoms with Crippen LogP contribution in [0.25, 0.3) is 0 Å². The molecule has 1 aromatic heterocycles. The summed E-state index contributed by atoms with van der Waals surface area (Å²) in [6, 6.07) is 8.68. The van der Waals surface area contributed by atoms with Crippen molar-refractivity contribution in [2.75, 3.05) is 0 Å². The van der Waals surface area contributed by atoms with Crippen LogP contribution in [0.4, 0.5) is 4.39 Å². The SMILES string of the molecule is Fc1ccccc1CNCc1ncc(Br)cc1Br. The Morgan fingerprint density at radius 2 is 1.94 bits per heavy atom. The Balaban J connectivity index is 1.95. The second-order valence-electron chi connectivity index (χ2n) is 3.78. The summed E-state index contributed by atoms with van der Waals surface area (Å²) in [4.78, 5) is 4.28. The van der Waals surface area contributed by atoms with Crippen LogP contribution in [0.5, 0.6) is 0 Å². The minimum Gasteiger partial charge on any atom is -0.307 e. The van der Waals surface area contributed by atoms with E-state index in [1.165, 1.54) is 6.07 Å². The maximum Gasteiger partial charge on any atom is 0.127 e. The fraction of sp³-hybridized carbons (Fsp3) is 0.154. The van der Waals surface area contributed by atoms with Crippen LogP contribution in [0.2, 0.25) is 0 Å². The predicted octanol–water partition coefficient (Wildman–Crippen LogP) is 4.04. The van der Waals surface area contributed by atoms with Crippen molar-refractivity contribution in [1.29, 1.82) is 0 Å². The molecule has 0 aliphatic carbocycles. The Bertz CT molecular complexity index is 546. The first-order valence-corrected chi connectivity index (χ1v) is 6.99. The molecule has 0 bridgehead atoms. The van der Waals surface area contributed by atoms with E-state index in [2.05, 4.69) is 42.2 Å². The quantitative estimate of drug-likeness (QED) is 0.874. The van der Waals surface area contributed by atoms with Gasteiger partial charge in [-0.2, -0.15) is 0 Å². The fourth-order valence-corrected chi connectivity index (χ4v) is 2.66. The number of hydrogen-bond donors (Lipinski definition) is 1. The highest BCUT2D eigenvalue weighted by molar-refractivity contribution is 9.11. The van der Waals surface area contributed by atoms with Gasteiger partial charge in [0.25, 0.3) is 0 Å². The number of aromatic nitrogens is 1. The maximum absolute atomic E-state index is 13.4. The molecule has 5 heteroatoms. The number of rotatable bonds is 4. The zero-order valence-electron chi connectivity index (χ0n) is 9.46. The van der Waals surface area contributed by atoms with E-state index in [0.29, 0.717) is 18.7 Å². The molecule has 0 fully saturated rings. The first kappa shape index (κ1) is 13.6. The lowest BCUT2D eigenvalue weighted by Crippen LogP contribution is -2.15. The molecular weight excluding hydrogens is 363 g/mol. The van der Waals surface area contributed by atoms with Crippen LogP contribution in [0.15, 0.2) is 45.5 Å². The predicted molar refractivity (Wildman–Crippen MR) is 76.6 cm³/mol. The van der Waals surface area contributed by atoms with E-state index < -0.39 is 0 Å². The molecule has 0 saturated carbocycles. The van der Waals surface area contributed by atoms with Gasteiger partial charge >= 0.3 is 0 Å². The molecule has 0 spiro atoms. The van der Waals surface area contributed by atoms with Crippen LogP contribution in [-0.2, 0) is 13.1 Å². The van der Waals surface area contributed by atoms with Crippen molar-refractivity contribution >= 4 is 31.9 Å². The largest absolute Gasteiger partial charge is 0.307 e. The van der Waals surface area contributed by atoms with Gasteiger partial charge < -0.3 is 5.32 Å². The summed E-state index contributed by atoms with van der Waals surface area (Å²) in [5.41, 5.74) is 1.56. The Labute approximate surface area is 122 Å². The molecule has 94 valence electrons. The normalized spacial score (nSPS) is 10.6. The molecule has 0 radical (unpaired) electrons. The summed E-state index contributed by atoms with van der Waals surface area (Å²) in [6.45, 7) is 1.07. The van der Waals surface area contributed by atoms with Gasteiger partial charge in [-0.05, 0) is 44.0 Å². The molecule has 1 aromatic carbocycles. The third kappa shape index (κ3) is 3.60. The lowest BCUT2D eigenvalue weighted by molar-refractivity contribution is 0.585. The Hall–Kier alpha value is -0.780. The topological polar surface area (TPSA) is 24.9 Å². The van der Waals surface area contributed by atoms with Crippen molar-refractivity contribution in [1.82, 2.24) is 10.3 Å². The van der Waals surface area contributed by atoms with Crippen LogP contribution >= 0.6 is 31.9 Å². The molecule has 2 aromatic rings. The van der Waals surface area contributed by atoms with Gasteiger partial charge in [0.1, 0.15) is 5.82 Å². The number of nitrogens with one attached hydrogen (secondary N) is 1. The smallest absolute Gasteiger partial charge is 0.127 e. The van der Waals surface area contributed by atoms with Crippen LogP contribution < -0.4 is 5.32 Å². The third-order valence-corrected chi connectivity index (χ3v) is 3.57. The number of halogens is 3. The van der Waals surface area contributed by atoms with Crippen molar-refractivity contribution in [3.8, 4) is 0 Å². The fourth-order valence-electron chi connectivity index (χ4n) is 1.53. The minimum absolute atomic E-state index is 0.187. The summed E-state index contributed by atoms with van der Waals surface area (Å²) in [5.74, 6) is -0.187. The second kappa shape index (κ2) is 6.41. The van der Waals surface area contributed by atoms with Crippen molar-refractivity contribution in [3.63, 3.8) is 0 Å². The monoisotopic (exact) mass is 372 g/mol. The average molecular weight is 374 g/mol. The van der Waals surface area contributed by atoms with Crippen molar-refractivity contribution in [2.24, 2.45) is 0 Å². The summed E-state index contributed by atoms with van der Waals surface area (Å²) < 4.78 is 15.2. The van der Waals surface area contributed by atoms with E-state index in [1.54, 1.807) is 18.3 Å². The highest BCUT2D eigenvalue weighted by Gasteiger charge is 2.03. The Morgan fingerprint density at radius 3 is 2.67 bits per heavy atom. The summed E-state index contributed by atoms with van der Waals surface area (Å²) in [6.07, 6.45) is 1.74. The zero-order chi connectivity index (χ0) is 13.0. The van der Waals surface area contributed by atoms with Crippen molar-refractivity contribution < 1.29 is 4.39 Å². The van der Waals surface area contributed by atoms with Crippen LogP contribution in [0, 0.1) is 5.82 Å². The van der Waals surface area contributed by atoms with E-state index >= 15 is 0 Å². The average Bonchev–Trinajstić information content (AvgIpc) is 2.34. The number of pyridine rings is 1. The summed E-state index contributed by atoms with van der Waals surface area (Å²) >= 11 is 6.79. The van der Waals surface area contributed by atoms with Gasteiger partial charge in [-0.15, -0.1) is 0 Å². The van der Waals surface area contributed by atoms with Crippen LogP contribution in [-0.4, -0.2) is 4.98 Å². The minimum atomic E-state index is -0.187. The molecule has 0 amide bonds. The molecule has 1 N–H and O–H groups in total. The maximum atomic E-state index is 13.4. The second-order valence-corrected chi connectivity index (χ2v) is 5.55. The molecule has 0 aliphatic rings. The van der Waals surface area contributed by atoms with Gasteiger partial charge in [-0.1, -0.05) is 18.2 Å². The van der Waals surface area contributed by atoms with Gasteiger partial charge in [0.05, 0.1) is 5.69 Å². The molecule has 2 rings (SSSR count). The first-order chi connectivity index (χ1) is 8.66.